The van der Waals surface area contributed by atoms with Crippen LogP contribution < -0.4 is 14.2 Å². The van der Waals surface area contributed by atoms with Gasteiger partial charge in [-0.2, -0.15) is 5.10 Å². The lowest BCUT2D eigenvalue weighted by Crippen LogP contribution is -1.92. The van der Waals surface area contributed by atoms with Gasteiger partial charge in [0.05, 0.1) is 18.9 Å². The van der Waals surface area contributed by atoms with E-state index >= 15 is 0 Å². The number of aromatic nitrogens is 3. The maximum absolute atomic E-state index is 5.44. The van der Waals surface area contributed by atoms with Crippen molar-refractivity contribution >= 4 is 5.65 Å². The summed E-state index contributed by atoms with van der Waals surface area (Å²) in [5.74, 6) is 2.10. The van der Waals surface area contributed by atoms with Gasteiger partial charge >= 0.3 is 0 Å². The molecule has 6 heteroatoms. The van der Waals surface area contributed by atoms with E-state index in [0.29, 0.717) is 17.2 Å². The number of methoxy groups -OCH3 is 1. The third kappa shape index (κ3) is 1.51. The van der Waals surface area contributed by atoms with Gasteiger partial charge in [0.25, 0.3) is 0 Å². The number of nitrogens with zero attached hydrogens (tertiary/aromatic N) is 3. The topological polar surface area (TPSA) is 57.9 Å². The molecule has 1 aliphatic heterocycles. The van der Waals surface area contributed by atoms with Gasteiger partial charge in [0, 0.05) is 24.0 Å². The largest absolute Gasteiger partial charge is 0.496 e. The highest BCUT2D eigenvalue weighted by molar-refractivity contribution is 5.83. The molecule has 0 fully saturated rings. The van der Waals surface area contributed by atoms with Gasteiger partial charge in [-0.1, -0.05) is 0 Å². The summed E-state index contributed by atoms with van der Waals surface area (Å²) in [4.78, 5) is 4.36. The van der Waals surface area contributed by atoms with Crippen LogP contribution in [0.2, 0.25) is 0 Å². The Hall–Kier alpha value is -2.76. The van der Waals surface area contributed by atoms with E-state index in [-0.39, 0.29) is 6.79 Å². The molecule has 6 nitrogen and oxygen atoms in total. The van der Waals surface area contributed by atoms with E-state index in [2.05, 4.69) is 10.1 Å². The van der Waals surface area contributed by atoms with E-state index in [1.54, 1.807) is 24.0 Å². The second-order valence-corrected chi connectivity index (χ2v) is 4.35. The normalized spacial score (nSPS) is 12.8. The van der Waals surface area contributed by atoms with Gasteiger partial charge in [-0.25, -0.2) is 9.50 Å². The molecule has 0 N–H and O–H groups in total. The minimum atomic E-state index is 0.231. The number of hydrogen-bond donors (Lipinski definition) is 0. The molecule has 2 aromatic heterocycles. The van der Waals surface area contributed by atoms with Crippen LogP contribution in [0.15, 0.2) is 36.8 Å². The molecule has 0 saturated heterocycles. The second-order valence-electron chi connectivity index (χ2n) is 4.35. The zero-order chi connectivity index (χ0) is 13.5. The van der Waals surface area contributed by atoms with Crippen LogP contribution in [0.1, 0.15) is 0 Å². The van der Waals surface area contributed by atoms with Crippen LogP contribution >= 0.6 is 0 Å². The first kappa shape index (κ1) is 11.1. The maximum Gasteiger partial charge on any atom is 0.231 e. The molecule has 0 bridgehead atoms. The summed E-state index contributed by atoms with van der Waals surface area (Å²) in [6, 6.07) is 5.55. The lowest BCUT2D eigenvalue weighted by molar-refractivity contribution is 0.174. The van der Waals surface area contributed by atoms with E-state index in [1.807, 2.05) is 24.4 Å². The molecule has 3 aromatic rings. The molecule has 0 radical (unpaired) electrons. The predicted octanol–water partition coefficient (Wildman–Crippen LogP) is 2.13. The van der Waals surface area contributed by atoms with Crippen LogP contribution in [-0.4, -0.2) is 28.5 Å². The van der Waals surface area contributed by atoms with E-state index in [4.69, 9.17) is 14.2 Å². The van der Waals surface area contributed by atoms with Crippen LogP contribution in [0.4, 0.5) is 0 Å². The fourth-order valence-electron chi connectivity index (χ4n) is 2.32. The minimum absolute atomic E-state index is 0.231. The zero-order valence-corrected chi connectivity index (χ0v) is 10.7. The number of fused-ring (bicyclic) bond motifs is 2. The van der Waals surface area contributed by atoms with Gasteiger partial charge < -0.3 is 14.2 Å². The van der Waals surface area contributed by atoms with Crippen LogP contribution in [0.5, 0.6) is 17.2 Å². The fraction of sp³-hybridized carbons (Fsp3) is 0.143. The van der Waals surface area contributed by atoms with Crippen molar-refractivity contribution in [2.24, 2.45) is 0 Å². The Labute approximate surface area is 114 Å². The smallest absolute Gasteiger partial charge is 0.231 e. The van der Waals surface area contributed by atoms with E-state index in [0.717, 1.165) is 16.8 Å². The number of hydrogen-bond acceptors (Lipinski definition) is 5. The molecule has 0 saturated carbocycles. The maximum atomic E-state index is 5.44. The summed E-state index contributed by atoms with van der Waals surface area (Å²) >= 11 is 0. The Morgan fingerprint density at radius 3 is 2.90 bits per heavy atom. The Morgan fingerprint density at radius 1 is 1.20 bits per heavy atom. The van der Waals surface area contributed by atoms with Crippen molar-refractivity contribution in [1.29, 1.82) is 0 Å². The van der Waals surface area contributed by atoms with Crippen molar-refractivity contribution in [3.63, 3.8) is 0 Å². The lowest BCUT2D eigenvalue weighted by atomic mass is 10.1. The summed E-state index contributed by atoms with van der Waals surface area (Å²) in [6.45, 7) is 0.231. The first-order chi connectivity index (χ1) is 9.86. The SMILES string of the molecule is COc1cc2c(cc1-c1cnn3cccnc13)OCO2. The van der Waals surface area contributed by atoms with Gasteiger partial charge in [0.1, 0.15) is 5.75 Å². The molecule has 0 spiro atoms. The minimum Gasteiger partial charge on any atom is -0.496 e. The molecular weight excluding hydrogens is 258 g/mol. The molecule has 3 heterocycles. The van der Waals surface area contributed by atoms with Crippen molar-refractivity contribution < 1.29 is 14.2 Å². The average Bonchev–Trinajstić information content (AvgIpc) is 3.11. The van der Waals surface area contributed by atoms with Crippen molar-refractivity contribution in [2.75, 3.05) is 13.9 Å². The molecule has 4 rings (SSSR count). The van der Waals surface area contributed by atoms with Gasteiger partial charge in [-0.05, 0) is 12.1 Å². The Kier molecular flexibility index (Phi) is 2.29. The fourth-order valence-corrected chi connectivity index (χ4v) is 2.32. The van der Waals surface area contributed by atoms with Crippen molar-refractivity contribution in [3.05, 3.63) is 36.8 Å². The highest BCUT2D eigenvalue weighted by Gasteiger charge is 2.20. The van der Waals surface area contributed by atoms with Crippen LogP contribution in [0.3, 0.4) is 0 Å². The predicted molar refractivity (Wildman–Crippen MR) is 71.1 cm³/mol. The van der Waals surface area contributed by atoms with E-state index in [1.165, 1.54) is 0 Å². The van der Waals surface area contributed by atoms with E-state index in [9.17, 15) is 0 Å². The zero-order valence-electron chi connectivity index (χ0n) is 10.7. The Morgan fingerprint density at radius 2 is 2.05 bits per heavy atom. The molecule has 20 heavy (non-hydrogen) atoms. The van der Waals surface area contributed by atoms with Gasteiger partial charge in [-0.3, -0.25) is 0 Å². The Bertz CT molecular complexity index is 797. The second kappa shape index (κ2) is 4.12. The number of rotatable bonds is 2. The first-order valence-electron chi connectivity index (χ1n) is 6.13. The summed E-state index contributed by atoms with van der Waals surface area (Å²) in [5, 5.41) is 4.29. The molecule has 1 aliphatic rings. The highest BCUT2D eigenvalue weighted by atomic mass is 16.7. The Balaban J connectivity index is 1.97. The van der Waals surface area contributed by atoms with Gasteiger partial charge in [0.15, 0.2) is 17.1 Å². The third-order valence-corrected chi connectivity index (χ3v) is 3.26. The molecule has 0 aliphatic carbocycles. The van der Waals surface area contributed by atoms with Crippen molar-refractivity contribution in [1.82, 2.24) is 14.6 Å². The lowest BCUT2D eigenvalue weighted by Gasteiger charge is -2.08. The average molecular weight is 269 g/mol. The molecule has 100 valence electrons. The van der Waals surface area contributed by atoms with Crippen LogP contribution in [-0.2, 0) is 0 Å². The van der Waals surface area contributed by atoms with Gasteiger partial charge in [0.2, 0.25) is 6.79 Å². The highest BCUT2D eigenvalue weighted by Crippen LogP contribution is 2.43. The summed E-state index contributed by atoms with van der Waals surface area (Å²) in [5.41, 5.74) is 2.54. The molecular formula is C14H11N3O3. The van der Waals surface area contributed by atoms with Gasteiger partial charge in [-0.15, -0.1) is 0 Å². The summed E-state index contributed by atoms with van der Waals surface area (Å²) < 4.78 is 17.9. The van der Waals surface area contributed by atoms with E-state index < -0.39 is 0 Å². The third-order valence-electron chi connectivity index (χ3n) is 3.26. The summed E-state index contributed by atoms with van der Waals surface area (Å²) in [6.07, 6.45) is 5.35. The first-order valence-corrected chi connectivity index (χ1v) is 6.13. The number of ether oxygens (including phenoxy) is 3. The monoisotopic (exact) mass is 269 g/mol. The van der Waals surface area contributed by atoms with Crippen LogP contribution in [0, 0.1) is 0 Å². The molecule has 0 unspecified atom stereocenters. The molecule has 1 aromatic carbocycles. The molecule has 0 amide bonds. The van der Waals surface area contributed by atoms with Crippen molar-refractivity contribution in [2.45, 2.75) is 0 Å². The number of benzene rings is 1. The van der Waals surface area contributed by atoms with Crippen molar-refractivity contribution in [3.8, 4) is 28.4 Å². The standard InChI is InChI=1S/C14H11N3O3/c1-18-11-6-13-12(19-8-20-13)5-9(11)10-7-16-17-4-2-3-15-14(10)17/h2-7H,8H2,1H3. The molecule has 0 atom stereocenters. The van der Waals surface area contributed by atoms with Crippen LogP contribution in [0.25, 0.3) is 16.8 Å². The summed E-state index contributed by atoms with van der Waals surface area (Å²) in [7, 11) is 1.63. The quantitative estimate of drug-likeness (QED) is 0.713.